The van der Waals surface area contributed by atoms with Gasteiger partial charge in [0.05, 0.1) is 19.0 Å². The quantitative estimate of drug-likeness (QED) is 0.634. The molecular weight excluding hydrogens is 392 g/mol. The maximum Gasteiger partial charge on any atom is 0.262 e. The molecule has 31 heavy (non-hydrogen) atoms. The van der Waals surface area contributed by atoms with E-state index in [1.807, 2.05) is 30.3 Å². The van der Waals surface area contributed by atoms with Gasteiger partial charge in [0.2, 0.25) is 0 Å². The molecule has 0 bridgehead atoms. The van der Waals surface area contributed by atoms with Gasteiger partial charge in [0.15, 0.2) is 18.1 Å². The van der Waals surface area contributed by atoms with Crippen molar-refractivity contribution in [1.82, 2.24) is 4.98 Å². The average molecular weight is 418 g/mol. The van der Waals surface area contributed by atoms with Gasteiger partial charge in [0, 0.05) is 31.9 Å². The topological polar surface area (TPSA) is 66.9 Å². The normalized spacial score (nSPS) is 13.6. The molecular formula is C24H26N4O3. The molecule has 1 saturated heterocycles. The van der Waals surface area contributed by atoms with E-state index in [1.165, 1.54) is 5.69 Å². The van der Waals surface area contributed by atoms with Crippen molar-refractivity contribution >= 4 is 23.1 Å². The van der Waals surface area contributed by atoms with Gasteiger partial charge in [0.25, 0.3) is 5.91 Å². The summed E-state index contributed by atoms with van der Waals surface area (Å²) in [7, 11) is 1.57. The van der Waals surface area contributed by atoms with Gasteiger partial charge in [0.1, 0.15) is 5.82 Å². The minimum absolute atomic E-state index is 0.108. The van der Waals surface area contributed by atoms with Crippen LogP contribution in [0.25, 0.3) is 0 Å². The van der Waals surface area contributed by atoms with Gasteiger partial charge < -0.3 is 24.6 Å². The molecule has 1 amide bonds. The Morgan fingerprint density at radius 2 is 1.58 bits per heavy atom. The number of aromatic nitrogens is 1. The van der Waals surface area contributed by atoms with Crippen molar-refractivity contribution in [2.24, 2.45) is 0 Å². The zero-order valence-corrected chi connectivity index (χ0v) is 17.5. The highest BCUT2D eigenvalue weighted by molar-refractivity contribution is 5.91. The first-order chi connectivity index (χ1) is 15.2. The monoisotopic (exact) mass is 418 g/mol. The largest absolute Gasteiger partial charge is 0.493 e. The number of nitrogens with zero attached hydrogens (tertiary/aromatic N) is 3. The second kappa shape index (κ2) is 9.84. The second-order valence-electron chi connectivity index (χ2n) is 7.20. The Hall–Kier alpha value is -3.74. The third-order valence-electron chi connectivity index (χ3n) is 5.18. The van der Waals surface area contributed by atoms with E-state index >= 15 is 0 Å². The molecule has 1 aromatic heterocycles. The van der Waals surface area contributed by atoms with E-state index in [-0.39, 0.29) is 12.5 Å². The number of piperazine rings is 1. The highest BCUT2D eigenvalue weighted by atomic mass is 16.5. The number of rotatable bonds is 7. The van der Waals surface area contributed by atoms with Gasteiger partial charge in [-0.05, 0) is 36.4 Å². The molecule has 0 spiro atoms. The lowest BCUT2D eigenvalue weighted by molar-refractivity contribution is -0.118. The SMILES string of the molecule is COc1ccccc1OCC(=O)Nc1ccc(N2CCN(c3ccccc3)CC2)nc1. The first kappa shape index (κ1) is 20.5. The molecule has 1 fully saturated rings. The highest BCUT2D eigenvalue weighted by Gasteiger charge is 2.18. The summed E-state index contributed by atoms with van der Waals surface area (Å²) in [6, 6.07) is 21.5. The zero-order chi connectivity index (χ0) is 21.5. The predicted molar refractivity (Wildman–Crippen MR) is 122 cm³/mol. The molecule has 3 aromatic rings. The number of anilines is 3. The third kappa shape index (κ3) is 5.25. The molecule has 0 radical (unpaired) electrons. The van der Waals surface area contributed by atoms with E-state index < -0.39 is 0 Å². The molecule has 0 unspecified atom stereocenters. The van der Waals surface area contributed by atoms with E-state index in [9.17, 15) is 4.79 Å². The fourth-order valence-electron chi connectivity index (χ4n) is 3.56. The van der Waals surface area contributed by atoms with Crippen LogP contribution in [0.1, 0.15) is 0 Å². The molecule has 1 N–H and O–H groups in total. The molecule has 0 atom stereocenters. The Morgan fingerprint density at radius 1 is 0.903 bits per heavy atom. The zero-order valence-electron chi connectivity index (χ0n) is 17.5. The lowest BCUT2D eigenvalue weighted by atomic mass is 10.2. The highest BCUT2D eigenvalue weighted by Crippen LogP contribution is 2.25. The van der Waals surface area contributed by atoms with Crippen LogP contribution in [-0.4, -0.2) is 50.8 Å². The number of carbonyl (C=O) groups is 1. The minimum Gasteiger partial charge on any atom is -0.493 e. The molecule has 1 aliphatic heterocycles. The molecule has 0 aliphatic carbocycles. The summed E-state index contributed by atoms with van der Waals surface area (Å²) < 4.78 is 10.8. The van der Waals surface area contributed by atoms with Crippen molar-refractivity contribution in [3.8, 4) is 11.5 Å². The van der Waals surface area contributed by atoms with E-state index in [2.05, 4.69) is 44.4 Å². The maximum atomic E-state index is 12.2. The number of ether oxygens (including phenoxy) is 2. The van der Waals surface area contributed by atoms with Crippen LogP contribution in [0.15, 0.2) is 72.9 Å². The van der Waals surface area contributed by atoms with Gasteiger partial charge in [-0.1, -0.05) is 30.3 Å². The summed E-state index contributed by atoms with van der Waals surface area (Å²) in [6.45, 7) is 3.60. The van der Waals surface area contributed by atoms with Crippen molar-refractivity contribution in [1.29, 1.82) is 0 Å². The first-order valence-electron chi connectivity index (χ1n) is 10.3. The number of amides is 1. The molecule has 7 heteroatoms. The van der Waals surface area contributed by atoms with Gasteiger partial charge >= 0.3 is 0 Å². The number of para-hydroxylation sites is 3. The predicted octanol–water partition coefficient (Wildman–Crippen LogP) is 3.43. The van der Waals surface area contributed by atoms with E-state index in [0.717, 1.165) is 32.0 Å². The van der Waals surface area contributed by atoms with Gasteiger partial charge in [-0.2, -0.15) is 0 Å². The Labute approximate surface area is 182 Å². The smallest absolute Gasteiger partial charge is 0.262 e. The fraction of sp³-hybridized carbons (Fsp3) is 0.250. The van der Waals surface area contributed by atoms with Crippen LogP contribution in [0.2, 0.25) is 0 Å². The Balaban J connectivity index is 1.27. The summed E-state index contributed by atoms with van der Waals surface area (Å²) in [6.07, 6.45) is 1.68. The van der Waals surface area contributed by atoms with Crippen molar-refractivity contribution in [3.05, 3.63) is 72.9 Å². The standard InChI is InChI=1S/C24H26N4O3/c1-30-21-9-5-6-10-22(21)31-18-24(29)26-19-11-12-23(25-17-19)28-15-13-27(14-16-28)20-7-3-2-4-8-20/h2-12,17H,13-16,18H2,1H3,(H,26,29). The van der Waals surface area contributed by atoms with Crippen molar-refractivity contribution in [3.63, 3.8) is 0 Å². The van der Waals surface area contributed by atoms with Gasteiger partial charge in [-0.15, -0.1) is 0 Å². The third-order valence-corrected chi connectivity index (χ3v) is 5.18. The fourth-order valence-corrected chi connectivity index (χ4v) is 3.56. The van der Waals surface area contributed by atoms with Crippen molar-refractivity contribution in [2.45, 2.75) is 0 Å². The van der Waals surface area contributed by atoms with Crippen LogP contribution in [0.3, 0.4) is 0 Å². The molecule has 2 heterocycles. The molecule has 7 nitrogen and oxygen atoms in total. The van der Waals surface area contributed by atoms with Crippen molar-refractivity contribution in [2.75, 3.05) is 55.0 Å². The lowest BCUT2D eigenvalue weighted by Crippen LogP contribution is -2.46. The summed E-state index contributed by atoms with van der Waals surface area (Å²) in [5.41, 5.74) is 1.89. The van der Waals surface area contributed by atoms with Crippen LogP contribution < -0.4 is 24.6 Å². The molecule has 160 valence electrons. The first-order valence-corrected chi connectivity index (χ1v) is 10.3. The van der Waals surface area contributed by atoms with Crippen LogP contribution in [0, 0.1) is 0 Å². The lowest BCUT2D eigenvalue weighted by Gasteiger charge is -2.36. The van der Waals surface area contributed by atoms with E-state index in [1.54, 1.807) is 25.4 Å². The average Bonchev–Trinajstić information content (AvgIpc) is 2.84. The van der Waals surface area contributed by atoms with Crippen LogP contribution >= 0.6 is 0 Å². The number of nitrogens with one attached hydrogen (secondary N) is 1. The summed E-state index contributed by atoms with van der Waals surface area (Å²) in [5, 5.41) is 2.81. The number of pyridine rings is 1. The van der Waals surface area contributed by atoms with E-state index in [0.29, 0.717) is 17.2 Å². The maximum absolute atomic E-state index is 12.2. The number of carbonyl (C=O) groups excluding carboxylic acids is 1. The molecule has 1 aliphatic rings. The van der Waals surface area contributed by atoms with Gasteiger partial charge in [-0.25, -0.2) is 4.98 Å². The van der Waals surface area contributed by atoms with Crippen LogP contribution in [0.5, 0.6) is 11.5 Å². The number of hydrogen-bond donors (Lipinski definition) is 1. The molecule has 2 aromatic carbocycles. The number of methoxy groups -OCH3 is 1. The Morgan fingerprint density at radius 3 is 2.26 bits per heavy atom. The molecule has 4 rings (SSSR count). The van der Waals surface area contributed by atoms with Crippen LogP contribution in [0.4, 0.5) is 17.2 Å². The van der Waals surface area contributed by atoms with Crippen LogP contribution in [-0.2, 0) is 4.79 Å². The van der Waals surface area contributed by atoms with Gasteiger partial charge in [-0.3, -0.25) is 4.79 Å². The Bertz CT molecular complexity index is 987. The summed E-state index contributed by atoms with van der Waals surface area (Å²) >= 11 is 0. The van der Waals surface area contributed by atoms with Crippen molar-refractivity contribution < 1.29 is 14.3 Å². The molecule has 0 saturated carbocycles. The Kier molecular flexibility index (Phi) is 6.52. The summed E-state index contributed by atoms with van der Waals surface area (Å²) in [4.78, 5) is 21.4. The second-order valence-corrected chi connectivity index (χ2v) is 7.20. The van der Waals surface area contributed by atoms with E-state index in [4.69, 9.17) is 9.47 Å². The number of benzene rings is 2. The number of hydrogen-bond acceptors (Lipinski definition) is 6. The summed E-state index contributed by atoms with van der Waals surface area (Å²) in [5.74, 6) is 1.78. The minimum atomic E-state index is -0.253.